The molecule has 0 aromatic heterocycles. The SMILES string of the molecule is C=CCN1CC(=O)N(c2ccccc2Cl)C1=O. The van der Waals surface area contributed by atoms with Gasteiger partial charge >= 0.3 is 6.03 Å². The number of anilines is 1. The van der Waals surface area contributed by atoms with Gasteiger partial charge in [0.05, 0.1) is 10.7 Å². The highest BCUT2D eigenvalue weighted by Crippen LogP contribution is 2.28. The van der Waals surface area contributed by atoms with Crippen LogP contribution in [0.1, 0.15) is 0 Å². The third-order valence-electron chi connectivity index (χ3n) is 2.48. The quantitative estimate of drug-likeness (QED) is 0.610. The number of amides is 3. The Balaban J connectivity index is 2.34. The molecule has 1 aliphatic heterocycles. The summed E-state index contributed by atoms with van der Waals surface area (Å²) >= 11 is 5.97. The number of benzene rings is 1. The van der Waals surface area contributed by atoms with E-state index in [-0.39, 0.29) is 18.5 Å². The Kier molecular flexibility index (Phi) is 3.15. The number of urea groups is 1. The Hall–Kier alpha value is -1.81. The van der Waals surface area contributed by atoms with Gasteiger partial charge in [-0.25, -0.2) is 9.69 Å². The second-order valence-corrected chi connectivity index (χ2v) is 4.04. The molecule has 4 nitrogen and oxygen atoms in total. The molecule has 0 atom stereocenters. The molecule has 17 heavy (non-hydrogen) atoms. The summed E-state index contributed by atoms with van der Waals surface area (Å²) in [5.41, 5.74) is 0.427. The predicted octanol–water partition coefficient (Wildman–Crippen LogP) is 2.29. The fourth-order valence-corrected chi connectivity index (χ4v) is 1.94. The molecule has 1 heterocycles. The van der Waals surface area contributed by atoms with Crippen LogP contribution in [0.2, 0.25) is 5.02 Å². The maximum atomic E-state index is 12.0. The second-order valence-electron chi connectivity index (χ2n) is 3.63. The van der Waals surface area contributed by atoms with Crippen molar-refractivity contribution in [3.05, 3.63) is 41.9 Å². The Morgan fingerprint density at radius 2 is 2.06 bits per heavy atom. The molecule has 1 saturated heterocycles. The number of carbonyl (C=O) groups is 2. The molecular weight excluding hydrogens is 240 g/mol. The fraction of sp³-hybridized carbons (Fsp3) is 0.167. The van der Waals surface area contributed by atoms with Gasteiger partial charge in [-0.2, -0.15) is 0 Å². The largest absolute Gasteiger partial charge is 0.332 e. The lowest BCUT2D eigenvalue weighted by atomic mass is 10.3. The Labute approximate surface area is 104 Å². The molecule has 1 aromatic carbocycles. The van der Waals surface area contributed by atoms with Gasteiger partial charge in [-0.15, -0.1) is 6.58 Å². The van der Waals surface area contributed by atoms with E-state index in [1.807, 2.05) is 0 Å². The summed E-state index contributed by atoms with van der Waals surface area (Å²) in [7, 11) is 0. The number of nitrogens with zero attached hydrogens (tertiary/aromatic N) is 2. The summed E-state index contributed by atoms with van der Waals surface area (Å²) in [6.07, 6.45) is 1.58. The first-order valence-electron chi connectivity index (χ1n) is 5.12. The summed E-state index contributed by atoms with van der Waals surface area (Å²) < 4.78 is 0. The third kappa shape index (κ3) is 2.03. The smallest absolute Gasteiger partial charge is 0.311 e. The molecular formula is C12H11ClN2O2. The van der Waals surface area contributed by atoms with Gasteiger partial charge < -0.3 is 4.90 Å². The Bertz CT molecular complexity index is 487. The van der Waals surface area contributed by atoms with Crippen molar-refractivity contribution in [1.29, 1.82) is 0 Å². The summed E-state index contributed by atoms with van der Waals surface area (Å²) in [5.74, 6) is -0.273. The van der Waals surface area contributed by atoms with Crippen LogP contribution in [0.5, 0.6) is 0 Å². The van der Waals surface area contributed by atoms with E-state index in [0.717, 1.165) is 4.90 Å². The number of hydrogen-bond donors (Lipinski definition) is 0. The minimum absolute atomic E-state index is 0.0656. The van der Waals surface area contributed by atoms with Gasteiger partial charge in [-0.1, -0.05) is 29.8 Å². The standard InChI is InChI=1S/C12H11ClN2O2/c1-2-7-14-8-11(16)15(12(14)17)10-6-4-3-5-9(10)13/h2-6H,1,7-8H2. The highest BCUT2D eigenvalue weighted by Gasteiger charge is 2.37. The molecule has 3 amide bonds. The first-order chi connectivity index (χ1) is 8.15. The van der Waals surface area contributed by atoms with Crippen molar-refractivity contribution in [2.24, 2.45) is 0 Å². The van der Waals surface area contributed by atoms with Gasteiger partial charge in [-0.05, 0) is 12.1 Å². The number of imide groups is 1. The van der Waals surface area contributed by atoms with Crippen molar-refractivity contribution in [2.75, 3.05) is 18.0 Å². The van der Waals surface area contributed by atoms with Crippen molar-refractivity contribution in [3.63, 3.8) is 0 Å². The zero-order valence-electron chi connectivity index (χ0n) is 9.10. The number of carbonyl (C=O) groups excluding carboxylic acids is 2. The number of para-hydroxylation sites is 1. The summed E-state index contributed by atoms with van der Waals surface area (Å²) in [6.45, 7) is 3.97. The van der Waals surface area contributed by atoms with Crippen LogP contribution in [0, 0.1) is 0 Å². The van der Waals surface area contributed by atoms with E-state index in [0.29, 0.717) is 17.3 Å². The van der Waals surface area contributed by atoms with Crippen molar-refractivity contribution >= 4 is 29.2 Å². The van der Waals surface area contributed by atoms with E-state index in [2.05, 4.69) is 6.58 Å². The third-order valence-corrected chi connectivity index (χ3v) is 2.80. The maximum Gasteiger partial charge on any atom is 0.332 e. The molecule has 0 saturated carbocycles. The normalized spacial score (nSPS) is 15.6. The first kappa shape index (κ1) is 11.7. The van der Waals surface area contributed by atoms with E-state index >= 15 is 0 Å². The molecule has 1 fully saturated rings. The van der Waals surface area contributed by atoms with Crippen molar-refractivity contribution < 1.29 is 9.59 Å². The lowest BCUT2D eigenvalue weighted by Crippen LogP contribution is -2.33. The lowest BCUT2D eigenvalue weighted by Gasteiger charge is -2.16. The van der Waals surface area contributed by atoms with Gasteiger partial charge in [-0.3, -0.25) is 4.79 Å². The highest BCUT2D eigenvalue weighted by molar-refractivity contribution is 6.35. The van der Waals surface area contributed by atoms with E-state index < -0.39 is 0 Å². The number of halogens is 1. The first-order valence-corrected chi connectivity index (χ1v) is 5.50. The van der Waals surface area contributed by atoms with Gasteiger partial charge in [0, 0.05) is 6.54 Å². The number of hydrogen-bond acceptors (Lipinski definition) is 2. The van der Waals surface area contributed by atoms with Crippen LogP contribution < -0.4 is 4.90 Å². The minimum Gasteiger partial charge on any atom is -0.311 e. The topological polar surface area (TPSA) is 40.6 Å². The zero-order chi connectivity index (χ0) is 12.4. The predicted molar refractivity (Wildman–Crippen MR) is 66.1 cm³/mol. The molecule has 0 N–H and O–H groups in total. The molecule has 0 bridgehead atoms. The van der Waals surface area contributed by atoms with Crippen molar-refractivity contribution in [3.8, 4) is 0 Å². The van der Waals surface area contributed by atoms with E-state index in [1.165, 1.54) is 4.90 Å². The second kappa shape index (κ2) is 4.59. The van der Waals surface area contributed by atoms with E-state index in [9.17, 15) is 9.59 Å². The Morgan fingerprint density at radius 3 is 2.71 bits per heavy atom. The molecule has 1 aliphatic rings. The van der Waals surface area contributed by atoms with Gasteiger partial charge in [0.25, 0.3) is 5.91 Å². The molecule has 0 spiro atoms. The summed E-state index contributed by atoms with van der Waals surface area (Å²) in [4.78, 5) is 26.3. The van der Waals surface area contributed by atoms with Gasteiger partial charge in [0.15, 0.2) is 0 Å². The fourth-order valence-electron chi connectivity index (χ4n) is 1.72. The van der Waals surface area contributed by atoms with E-state index in [4.69, 9.17) is 11.6 Å². The summed E-state index contributed by atoms with van der Waals surface area (Å²) in [5, 5.41) is 0.384. The zero-order valence-corrected chi connectivity index (χ0v) is 9.85. The van der Waals surface area contributed by atoms with E-state index in [1.54, 1.807) is 30.3 Å². The van der Waals surface area contributed by atoms with Gasteiger partial charge in [0.2, 0.25) is 0 Å². The summed E-state index contributed by atoms with van der Waals surface area (Å²) in [6, 6.07) is 6.42. The van der Waals surface area contributed by atoms with Crippen LogP contribution in [0.4, 0.5) is 10.5 Å². The molecule has 2 rings (SSSR count). The number of rotatable bonds is 3. The van der Waals surface area contributed by atoms with Crippen molar-refractivity contribution in [1.82, 2.24) is 4.90 Å². The maximum absolute atomic E-state index is 12.0. The van der Waals surface area contributed by atoms with Crippen LogP contribution >= 0.6 is 11.6 Å². The average molecular weight is 251 g/mol. The lowest BCUT2D eigenvalue weighted by molar-refractivity contribution is -0.116. The van der Waals surface area contributed by atoms with Gasteiger partial charge in [0.1, 0.15) is 6.54 Å². The molecule has 0 aliphatic carbocycles. The Morgan fingerprint density at radius 1 is 1.35 bits per heavy atom. The van der Waals surface area contributed by atoms with Crippen LogP contribution in [-0.2, 0) is 4.79 Å². The molecule has 5 heteroatoms. The van der Waals surface area contributed by atoms with Crippen LogP contribution in [0.25, 0.3) is 0 Å². The average Bonchev–Trinajstić information content (AvgIpc) is 2.57. The highest BCUT2D eigenvalue weighted by atomic mass is 35.5. The molecule has 0 unspecified atom stereocenters. The van der Waals surface area contributed by atoms with Crippen molar-refractivity contribution in [2.45, 2.75) is 0 Å². The van der Waals surface area contributed by atoms with Crippen LogP contribution in [0.3, 0.4) is 0 Å². The molecule has 1 aromatic rings. The molecule has 0 radical (unpaired) electrons. The van der Waals surface area contributed by atoms with Crippen LogP contribution in [-0.4, -0.2) is 29.9 Å². The minimum atomic E-state index is -0.358. The van der Waals surface area contributed by atoms with Crippen LogP contribution in [0.15, 0.2) is 36.9 Å². The molecule has 88 valence electrons. The monoisotopic (exact) mass is 250 g/mol.